The number of aliphatic hydroxyl groups is 2. The lowest BCUT2D eigenvalue weighted by molar-refractivity contribution is -0.137. The molecular formula is C22H24F4O3. The Kier molecular flexibility index (Phi) is 5.66. The molecule has 2 N–H and O–H groups in total. The van der Waals surface area contributed by atoms with Crippen LogP contribution in [0, 0.1) is 5.82 Å². The zero-order valence-electron chi connectivity index (χ0n) is 16.5. The van der Waals surface area contributed by atoms with Crippen molar-refractivity contribution in [3.63, 3.8) is 0 Å². The maximum Gasteiger partial charge on any atom is 0.417 e. The largest absolute Gasteiger partial charge is 0.491 e. The Bertz CT molecular complexity index is 883. The number of alkyl halides is 3. The van der Waals surface area contributed by atoms with Crippen molar-refractivity contribution in [1.29, 1.82) is 0 Å². The summed E-state index contributed by atoms with van der Waals surface area (Å²) in [4.78, 5) is 0. The Balaban J connectivity index is 1.97. The molecule has 3 rings (SSSR count). The number of hydrogen-bond acceptors (Lipinski definition) is 3. The first-order valence-corrected chi connectivity index (χ1v) is 9.45. The Morgan fingerprint density at radius 2 is 1.79 bits per heavy atom. The summed E-state index contributed by atoms with van der Waals surface area (Å²) in [6.45, 7) is 4.54. The van der Waals surface area contributed by atoms with Crippen LogP contribution in [0.3, 0.4) is 0 Å². The molecule has 7 heteroatoms. The van der Waals surface area contributed by atoms with E-state index in [9.17, 15) is 27.8 Å². The molecular weight excluding hydrogens is 388 g/mol. The van der Waals surface area contributed by atoms with Gasteiger partial charge in [-0.15, -0.1) is 0 Å². The summed E-state index contributed by atoms with van der Waals surface area (Å²) in [6, 6.07) is 6.59. The fraction of sp³-hybridized carbons (Fsp3) is 0.455. The second kappa shape index (κ2) is 7.61. The van der Waals surface area contributed by atoms with Gasteiger partial charge in [-0.25, -0.2) is 4.39 Å². The summed E-state index contributed by atoms with van der Waals surface area (Å²) in [6.07, 6.45) is -4.80. The molecule has 0 spiro atoms. The normalized spacial score (nSPS) is 17.9. The third-order valence-electron chi connectivity index (χ3n) is 5.42. The highest BCUT2D eigenvalue weighted by atomic mass is 19.4. The fourth-order valence-electron chi connectivity index (χ4n) is 3.67. The average Bonchev–Trinajstić information content (AvgIpc) is 3.01. The van der Waals surface area contributed by atoms with Crippen molar-refractivity contribution in [1.82, 2.24) is 0 Å². The molecule has 0 unspecified atom stereocenters. The van der Waals surface area contributed by atoms with Crippen LogP contribution in [0.25, 0.3) is 11.1 Å². The second-order valence-corrected chi connectivity index (χ2v) is 8.12. The summed E-state index contributed by atoms with van der Waals surface area (Å²) in [5, 5.41) is 19.6. The number of rotatable bonds is 5. The molecule has 0 radical (unpaired) electrons. The van der Waals surface area contributed by atoms with E-state index in [0.29, 0.717) is 41.3 Å². The van der Waals surface area contributed by atoms with Crippen LogP contribution in [-0.2, 0) is 12.6 Å². The third kappa shape index (κ3) is 4.41. The van der Waals surface area contributed by atoms with Crippen molar-refractivity contribution in [2.45, 2.75) is 57.4 Å². The van der Waals surface area contributed by atoms with E-state index in [1.807, 2.05) is 6.92 Å². The monoisotopic (exact) mass is 412 g/mol. The molecule has 0 heterocycles. The first kappa shape index (κ1) is 21.6. The minimum absolute atomic E-state index is 0.0151. The zero-order chi connectivity index (χ0) is 21.6. The number of benzene rings is 2. The molecule has 0 bridgehead atoms. The number of aliphatic hydroxyl groups excluding tert-OH is 1. The standard InChI is InChI=1S/C22H24F4O3/c1-12-4-9-15-19(12)17(23)10-16(22(24,25)26)20(15)13-5-7-14(8-6-13)29-11-18(27)21(2,3)28/h5-8,10,12,18,27-28H,4,9,11H2,1-3H3/t12-,18-/m1/s1. The van der Waals surface area contributed by atoms with E-state index in [0.717, 1.165) is 0 Å². The number of halogens is 4. The molecule has 2 atom stereocenters. The van der Waals surface area contributed by atoms with E-state index in [1.165, 1.54) is 38.1 Å². The average molecular weight is 412 g/mol. The van der Waals surface area contributed by atoms with Gasteiger partial charge in [-0.3, -0.25) is 0 Å². The van der Waals surface area contributed by atoms with Crippen molar-refractivity contribution in [3.8, 4) is 16.9 Å². The minimum Gasteiger partial charge on any atom is -0.491 e. The van der Waals surface area contributed by atoms with Gasteiger partial charge in [0.05, 0.1) is 11.2 Å². The first-order chi connectivity index (χ1) is 13.4. The molecule has 2 aromatic rings. The maximum atomic E-state index is 14.4. The van der Waals surface area contributed by atoms with Gasteiger partial charge in [0.25, 0.3) is 0 Å². The smallest absolute Gasteiger partial charge is 0.417 e. The van der Waals surface area contributed by atoms with Crippen LogP contribution < -0.4 is 4.74 Å². The number of hydrogen-bond donors (Lipinski definition) is 2. The minimum atomic E-state index is -4.68. The molecule has 0 aliphatic heterocycles. The van der Waals surface area contributed by atoms with Gasteiger partial charge < -0.3 is 14.9 Å². The van der Waals surface area contributed by atoms with Crippen molar-refractivity contribution >= 4 is 0 Å². The highest BCUT2D eigenvalue weighted by molar-refractivity contribution is 5.75. The lowest BCUT2D eigenvalue weighted by atomic mass is 9.90. The van der Waals surface area contributed by atoms with Gasteiger partial charge in [-0.05, 0) is 73.1 Å². The second-order valence-electron chi connectivity index (χ2n) is 8.12. The Hall–Kier alpha value is -2.12. The summed E-state index contributed by atoms with van der Waals surface area (Å²) in [5.74, 6) is -0.587. The highest BCUT2D eigenvalue weighted by Crippen LogP contribution is 2.46. The van der Waals surface area contributed by atoms with E-state index in [1.54, 1.807) is 0 Å². The van der Waals surface area contributed by atoms with Crippen molar-refractivity contribution in [3.05, 3.63) is 52.8 Å². The topological polar surface area (TPSA) is 49.7 Å². The van der Waals surface area contributed by atoms with Crippen LogP contribution >= 0.6 is 0 Å². The van der Waals surface area contributed by atoms with Crippen LogP contribution in [0.15, 0.2) is 30.3 Å². The van der Waals surface area contributed by atoms with Crippen LogP contribution in [-0.4, -0.2) is 28.5 Å². The zero-order valence-corrected chi connectivity index (χ0v) is 16.5. The molecule has 1 aliphatic carbocycles. The number of fused-ring (bicyclic) bond motifs is 1. The quantitative estimate of drug-likeness (QED) is 0.674. The van der Waals surface area contributed by atoms with Gasteiger partial charge in [-0.2, -0.15) is 13.2 Å². The van der Waals surface area contributed by atoms with Crippen molar-refractivity contribution in [2.24, 2.45) is 0 Å². The fourth-order valence-corrected chi connectivity index (χ4v) is 3.67. The lowest BCUT2D eigenvalue weighted by Crippen LogP contribution is -2.40. The molecule has 3 nitrogen and oxygen atoms in total. The van der Waals surface area contributed by atoms with Gasteiger partial charge in [-0.1, -0.05) is 19.1 Å². The molecule has 158 valence electrons. The predicted molar refractivity (Wildman–Crippen MR) is 101 cm³/mol. The van der Waals surface area contributed by atoms with Gasteiger partial charge >= 0.3 is 6.18 Å². The molecule has 2 aromatic carbocycles. The Labute approximate surface area is 166 Å². The summed E-state index contributed by atoms with van der Waals surface area (Å²) in [5.41, 5.74) is -1.20. The predicted octanol–water partition coefficient (Wildman–Crippen LogP) is 5.07. The Morgan fingerprint density at radius 1 is 1.17 bits per heavy atom. The molecule has 0 saturated carbocycles. The highest BCUT2D eigenvalue weighted by Gasteiger charge is 2.38. The molecule has 0 aromatic heterocycles. The van der Waals surface area contributed by atoms with Gasteiger partial charge in [0, 0.05) is 0 Å². The summed E-state index contributed by atoms with van der Waals surface area (Å²) in [7, 11) is 0. The van der Waals surface area contributed by atoms with Crippen LogP contribution in [0.1, 0.15) is 49.8 Å². The van der Waals surface area contributed by atoms with E-state index in [-0.39, 0.29) is 18.1 Å². The SMILES string of the molecule is C[C@@H]1CCc2c(-c3ccc(OC[C@@H](O)C(C)(C)O)cc3)c(C(F)(F)F)cc(F)c21. The first-order valence-electron chi connectivity index (χ1n) is 9.45. The summed E-state index contributed by atoms with van der Waals surface area (Å²) < 4.78 is 60.7. The molecule has 0 fully saturated rings. The van der Waals surface area contributed by atoms with Gasteiger partial charge in [0.1, 0.15) is 24.3 Å². The lowest BCUT2D eigenvalue weighted by Gasteiger charge is -2.24. The molecule has 1 aliphatic rings. The van der Waals surface area contributed by atoms with Gasteiger partial charge in [0.15, 0.2) is 0 Å². The molecule has 0 saturated heterocycles. The van der Waals surface area contributed by atoms with E-state index >= 15 is 0 Å². The third-order valence-corrected chi connectivity index (χ3v) is 5.42. The van der Waals surface area contributed by atoms with Gasteiger partial charge in [0.2, 0.25) is 0 Å². The maximum absolute atomic E-state index is 14.4. The van der Waals surface area contributed by atoms with Crippen molar-refractivity contribution < 1.29 is 32.5 Å². The van der Waals surface area contributed by atoms with E-state index in [2.05, 4.69) is 0 Å². The summed E-state index contributed by atoms with van der Waals surface area (Å²) >= 11 is 0. The Morgan fingerprint density at radius 3 is 2.34 bits per heavy atom. The van der Waals surface area contributed by atoms with E-state index in [4.69, 9.17) is 4.74 Å². The van der Waals surface area contributed by atoms with Crippen molar-refractivity contribution in [2.75, 3.05) is 6.61 Å². The van der Waals surface area contributed by atoms with Crippen LogP contribution in [0.4, 0.5) is 17.6 Å². The van der Waals surface area contributed by atoms with Crippen LogP contribution in [0.2, 0.25) is 0 Å². The van der Waals surface area contributed by atoms with E-state index < -0.39 is 29.3 Å². The number of ether oxygens (including phenoxy) is 1. The van der Waals surface area contributed by atoms with Crippen LogP contribution in [0.5, 0.6) is 5.75 Å². The molecule has 0 amide bonds. The molecule has 29 heavy (non-hydrogen) atoms.